The molecule has 2 aromatic carbocycles. The molecular weight excluding hydrogens is 282 g/mol. The maximum Gasteiger partial charge on any atom is 0.126 e. The maximum absolute atomic E-state index is 13.2. The molecule has 0 bridgehead atoms. The van der Waals surface area contributed by atoms with Crippen molar-refractivity contribution in [1.29, 1.82) is 0 Å². The highest BCUT2D eigenvalue weighted by Gasteiger charge is 2.13. The number of hydrazine groups is 1. The normalized spacial score (nSPS) is 12.4. The lowest BCUT2D eigenvalue weighted by Gasteiger charge is -2.17. The van der Waals surface area contributed by atoms with Crippen LogP contribution in [0.3, 0.4) is 0 Å². The third-order valence-corrected chi connectivity index (χ3v) is 3.25. The number of nitrogens with two attached hydrogens (primary N) is 1. The summed E-state index contributed by atoms with van der Waals surface area (Å²) in [6.07, 6.45) is 0.366. The van der Waals surface area contributed by atoms with E-state index in [2.05, 4.69) is 5.43 Å². The summed E-state index contributed by atoms with van der Waals surface area (Å²) in [6, 6.07) is 8.73. The van der Waals surface area contributed by atoms with E-state index in [4.69, 9.17) is 17.4 Å². The first-order valence-electron chi connectivity index (χ1n) is 6.16. The van der Waals surface area contributed by atoms with Gasteiger partial charge in [0.15, 0.2) is 0 Å². The van der Waals surface area contributed by atoms with Crippen LogP contribution in [0.25, 0.3) is 0 Å². The number of benzene rings is 2. The zero-order chi connectivity index (χ0) is 14.7. The highest BCUT2D eigenvalue weighted by atomic mass is 35.5. The van der Waals surface area contributed by atoms with Gasteiger partial charge in [-0.2, -0.15) is 0 Å². The van der Waals surface area contributed by atoms with Crippen molar-refractivity contribution in [3.63, 3.8) is 0 Å². The molecule has 0 heterocycles. The molecule has 1 atom stereocenters. The summed E-state index contributed by atoms with van der Waals surface area (Å²) in [5.41, 5.74) is 5.06. The van der Waals surface area contributed by atoms with E-state index in [0.29, 0.717) is 17.0 Å². The molecule has 106 valence electrons. The molecule has 0 amide bonds. The van der Waals surface area contributed by atoms with Gasteiger partial charge in [0, 0.05) is 11.1 Å². The van der Waals surface area contributed by atoms with Gasteiger partial charge in [-0.25, -0.2) is 8.78 Å². The van der Waals surface area contributed by atoms with Gasteiger partial charge in [-0.15, -0.1) is 0 Å². The van der Waals surface area contributed by atoms with Crippen LogP contribution in [0.4, 0.5) is 8.78 Å². The summed E-state index contributed by atoms with van der Waals surface area (Å²) in [6.45, 7) is 1.92. The third-order valence-electron chi connectivity index (χ3n) is 3.03. The lowest BCUT2D eigenvalue weighted by molar-refractivity contribution is 0.540. The Kier molecular flexibility index (Phi) is 4.70. The highest BCUT2D eigenvalue weighted by molar-refractivity contribution is 6.30. The fourth-order valence-electron chi connectivity index (χ4n) is 2.20. The van der Waals surface area contributed by atoms with Gasteiger partial charge < -0.3 is 0 Å². The molecule has 0 radical (unpaired) electrons. The highest BCUT2D eigenvalue weighted by Crippen LogP contribution is 2.23. The van der Waals surface area contributed by atoms with Crippen LogP contribution in [0, 0.1) is 18.6 Å². The minimum atomic E-state index is -0.599. The Bertz CT molecular complexity index is 576. The van der Waals surface area contributed by atoms with E-state index >= 15 is 0 Å². The Morgan fingerprint density at radius 1 is 1.10 bits per heavy atom. The number of rotatable bonds is 4. The van der Waals surface area contributed by atoms with Crippen molar-refractivity contribution >= 4 is 11.6 Å². The molecule has 0 aromatic heterocycles. The van der Waals surface area contributed by atoms with Crippen LogP contribution in [0.15, 0.2) is 36.4 Å². The molecule has 0 saturated heterocycles. The second kappa shape index (κ2) is 6.31. The zero-order valence-electron chi connectivity index (χ0n) is 11.0. The minimum Gasteiger partial charge on any atom is -0.271 e. The van der Waals surface area contributed by atoms with Crippen molar-refractivity contribution in [2.24, 2.45) is 5.84 Å². The molecule has 0 aliphatic rings. The molecule has 20 heavy (non-hydrogen) atoms. The zero-order valence-corrected chi connectivity index (χ0v) is 11.7. The summed E-state index contributed by atoms with van der Waals surface area (Å²) < 4.78 is 26.4. The van der Waals surface area contributed by atoms with Crippen molar-refractivity contribution in [3.8, 4) is 0 Å². The van der Waals surface area contributed by atoms with Crippen LogP contribution in [-0.4, -0.2) is 0 Å². The Balaban J connectivity index is 2.28. The molecule has 3 N–H and O–H groups in total. The monoisotopic (exact) mass is 296 g/mol. The second-order valence-electron chi connectivity index (χ2n) is 4.76. The summed E-state index contributed by atoms with van der Waals surface area (Å²) in [4.78, 5) is 0. The quantitative estimate of drug-likeness (QED) is 0.667. The first-order valence-corrected chi connectivity index (χ1v) is 6.54. The average Bonchev–Trinajstić information content (AvgIpc) is 2.33. The van der Waals surface area contributed by atoms with Gasteiger partial charge in [-0.1, -0.05) is 17.7 Å². The van der Waals surface area contributed by atoms with Gasteiger partial charge >= 0.3 is 0 Å². The van der Waals surface area contributed by atoms with E-state index in [-0.39, 0.29) is 6.04 Å². The first-order chi connectivity index (χ1) is 9.47. The van der Waals surface area contributed by atoms with Gasteiger partial charge in [-0.05, 0) is 54.3 Å². The third kappa shape index (κ3) is 3.76. The van der Waals surface area contributed by atoms with E-state index in [1.807, 2.05) is 19.1 Å². The van der Waals surface area contributed by atoms with Gasteiger partial charge in [-0.3, -0.25) is 11.3 Å². The summed E-state index contributed by atoms with van der Waals surface area (Å²) in [5, 5.41) is 0.602. The summed E-state index contributed by atoms with van der Waals surface area (Å²) >= 11 is 6.02. The molecule has 2 aromatic rings. The molecule has 0 fully saturated rings. The Hall–Kier alpha value is -1.49. The van der Waals surface area contributed by atoms with Crippen LogP contribution >= 0.6 is 11.6 Å². The number of halogens is 3. The van der Waals surface area contributed by atoms with Crippen LogP contribution in [-0.2, 0) is 6.42 Å². The van der Waals surface area contributed by atoms with Crippen molar-refractivity contribution in [1.82, 2.24) is 5.43 Å². The van der Waals surface area contributed by atoms with Gasteiger partial charge in [0.25, 0.3) is 0 Å². The van der Waals surface area contributed by atoms with E-state index in [9.17, 15) is 8.78 Å². The lowest BCUT2D eigenvalue weighted by Crippen LogP contribution is -2.29. The lowest BCUT2D eigenvalue weighted by atomic mass is 9.98. The van der Waals surface area contributed by atoms with Crippen LogP contribution in [0.2, 0.25) is 5.02 Å². The SMILES string of the molecule is Cc1cc(Cl)cc(C(Cc2cc(F)cc(F)c2)NN)c1. The fourth-order valence-corrected chi connectivity index (χ4v) is 2.50. The minimum absolute atomic E-state index is 0.270. The number of nitrogens with one attached hydrogen (secondary N) is 1. The second-order valence-corrected chi connectivity index (χ2v) is 5.20. The van der Waals surface area contributed by atoms with Crippen molar-refractivity contribution in [2.75, 3.05) is 0 Å². The van der Waals surface area contributed by atoms with Crippen molar-refractivity contribution in [3.05, 3.63) is 69.7 Å². The van der Waals surface area contributed by atoms with Gasteiger partial charge in [0.1, 0.15) is 11.6 Å². The number of hydrogen-bond donors (Lipinski definition) is 2. The molecule has 0 aliphatic carbocycles. The van der Waals surface area contributed by atoms with E-state index in [0.717, 1.165) is 17.2 Å². The summed E-state index contributed by atoms with van der Waals surface area (Å²) in [7, 11) is 0. The van der Waals surface area contributed by atoms with Gasteiger partial charge in [0.2, 0.25) is 0 Å². The fraction of sp³-hybridized carbons (Fsp3) is 0.200. The predicted molar refractivity (Wildman–Crippen MR) is 76.3 cm³/mol. The molecule has 1 unspecified atom stereocenters. The molecule has 2 nitrogen and oxygen atoms in total. The Morgan fingerprint density at radius 2 is 1.75 bits per heavy atom. The van der Waals surface area contributed by atoms with Crippen molar-refractivity contribution in [2.45, 2.75) is 19.4 Å². The largest absolute Gasteiger partial charge is 0.271 e. The summed E-state index contributed by atoms with van der Waals surface area (Å²) in [5.74, 6) is 4.35. The Labute approximate surface area is 121 Å². The van der Waals surface area contributed by atoms with E-state index < -0.39 is 11.6 Å². The first kappa shape index (κ1) is 14.9. The number of aryl methyl sites for hydroxylation is 1. The number of hydrogen-bond acceptors (Lipinski definition) is 2. The average molecular weight is 297 g/mol. The predicted octanol–water partition coefficient (Wildman–Crippen LogP) is 3.67. The van der Waals surface area contributed by atoms with Gasteiger partial charge in [0.05, 0.1) is 6.04 Å². The topological polar surface area (TPSA) is 38.0 Å². The van der Waals surface area contributed by atoms with Crippen molar-refractivity contribution < 1.29 is 8.78 Å². The van der Waals surface area contributed by atoms with Crippen LogP contribution in [0.1, 0.15) is 22.7 Å². The smallest absolute Gasteiger partial charge is 0.126 e. The van der Waals surface area contributed by atoms with E-state index in [1.54, 1.807) is 6.07 Å². The van der Waals surface area contributed by atoms with Crippen LogP contribution < -0.4 is 11.3 Å². The Morgan fingerprint density at radius 3 is 2.30 bits per heavy atom. The molecular formula is C15H15ClF2N2. The molecule has 5 heteroatoms. The maximum atomic E-state index is 13.2. The molecule has 0 saturated carbocycles. The standard InChI is InChI=1S/C15H15ClF2N2/c1-9-2-11(7-12(16)3-9)15(20-19)6-10-4-13(17)8-14(18)5-10/h2-5,7-8,15,20H,6,19H2,1H3. The molecule has 0 aliphatic heterocycles. The van der Waals surface area contributed by atoms with Crippen LogP contribution in [0.5, 0.6) is 0 Å². The van der Waals surface area contributed by atoms with E-state index in [1.165, 1.54) is 12.1 Å². The molecule has 0 spiro atoms. The molecule has 2 rings (SSSR count).